The Bertz CT molecular complexity index is 749. The van der Waals surface area contributed by atoms with Gasteiger partial charge in [-0.05, 0) is 31.0 Å². The molecule has 2 N–H and O–H groups in total. The summed E-state index contributed by atoms with van der Waals surface area (Å²) in [4.78, 5) is 24.4. The van der Waals surface area contributed by atoms with E-state index in [1.165, 1.54) is 16.8 Å². The molecule has 6 heteroatoms. The van der Waals surface area contributed by atoms with Gasteiger partial charge in [-0.15, -0.1) is 0 Å². The van der Waals surface area contributed by atoms with E-state index in [-0.39, 0.29) is 23.8 Å². The first-order valence-corrected chi connectivity index (χ1v) is 7.73. The molecule has 0 unspecified atom stereocenters. The smallest absolute Gasteiger partial charge is 0.272 e. The van der Waals surface area contributed by atoms with E-state index < -0.39 is 5.54 Å². The molecule has 1 amide bonds. The molecule has 2 aromatic rings. The number of hydrogen-bond acceptors (Lipinski definition) is 4. The van der Waals surface area contributed by atoms with Gasteiger partial charge in [0.1, 0.15) is 5.69 Å². The van der Waals surface area contributed by atoms with E-state index in [9.17, 15) is 14.7 Å². The third kappa shape index (κ3) is 3.17. The van der Waals surface area contributed by atoms with Gasteiger partial charge < -0.3 is 10.4 Å². The Hall–Kier alpha value is -2.47. The average molecular weight is 313 g/mol. The minimum Gasteiger partial charge on any atom is -0.394 e. The second-order valence-corrected chi connectivity index (χ2v) is 5.90. The first-order valence-electron chi connectivity index (χ1n) is 7.73. The molecule has 1 aliphatic carbocycles. The number of rotatable bonds is 4. The maximum absolute atomic E-state index is 12.5. The Morgan fingerprint density at radius 2 is 1.87 bits per heavy atom. The monoisotopic (exact) mass is 313 g/mol. The van der Waals surface area contributed by atoms with Gasteiger partial charge in [0.2, 0.25) is 0 Å². The van der Waals surface area contributed by atoms with Crippen LogP contribution in [0.4, 0.5) is 0 Å². The molecule has 0 aliphatic heterocycles. The van der Waals surface area contributed by atoms with Gasteiger partial charge in [0.25, 0.3) is 11.5 Å². The van der Waals surface area contributed by atoms with Crippen LogP contribution in [0.15, 0.2) is 47.3 Å². The lowest BCUT2D eigenvalue weighted by Crippen LogP contribution is -2.49. The molecule has 3 rings (SSSR count). The SMILES string of the molecule is O=C(NC1(CO)CCCC1)c1ccc(=O)n(-c2ccccc2)n1. The number of aromatic nitrogens is 2. The first-order chi connectivity index (χ1) is 11.1. The number of carbonyl (C=O) groups is 1. The van der Waals surface area contributed by atoms with Crippen LogP contribution in [0.5, 0.6) is 0 Å². The summed E-state index contributed by atoms with van der Waals surface area (Å²) in [6.07, 6.45) is 3.48. The summed E-state index contributed by atoms with van der Waals surface area (Å²) in [7, 11) is 0. The molecule has 0 saturated heterocycles. The van der Waals surface area contributed by atoms with Gasteiger partial charge in [-0.2, -0.15) is 9.78 Å². The van der Waals surface area contributed by atoms with Crippen LogP contribution in [-0.4, -0.2) is 32.9 Å². The molecule has 1 saturated carbocycles. The quantitative estimate of drug-likeness (QED) is 0.890. The van der Waals surface area contributed by atoms with Crippen molar-refractivity contribution in [1.29, 1.82) is 0 Å². The van der Waals surface area contributed by atoms with Crippen LogP contribution >= 0.6 is 0 Å². The Balaban J connectivity index is 1.89. The highest BCUT2D eigenvalue weighted by molar-refractivity contribution is 5.92. The minimum atomic E-state index is -0.563. The van der Waals surface area contributed by atoms with Crippen LogP contribution in [0.1, 0.15) is 36.2 Å². The van der Waals surface area contributed by atoms with Crippen molar-refractivity contribution in [3.05, 3.63) is 58.5 Å². The molecule has 1 aromatic heterocycles. The maximum Gasteiger partial charge on any atom is 0.272 e. The maximum atomic E-state index is 12.5. The van der Waals surface area contributed by atoms with Crippen LogP contribution in [0.2, 0.25) is 0 Å². The predicted octanol–water partition coefficient (Wildman–Crippen LogP) is 1.27. The molecule has 6 nitrogen and oxygen atoms in total. The molecule has 0 bridgehead atoms. The number of para-hydroxylation sites is 1. The Labute approximate surface area is 133 Å². The molecule has 0 spiro atoms. The van der Waals surface area contributed by atoms with Gasteiger partial charge in [0, 0.05) is 6.07 Å². The number of carbonyl (C=O) groups excluding carboxylic acids is 1. The largest absolute Gasteiger partial charge is 0.394 e. The Kier molecular flexibility index (Phi) is 4.25. The zero-order valence-electron chi connectivity index (χ0n) is 12.7. The Morgan fingerprint density at radius 1 is 1.17 bits per heavy atom. The van der Waals surface area contributed by atoms with E-state index in [2.05, 4.69) is 10.4 Å². The van der Waals surface area contributed by atoms with Gasteiger partial charge in [-0.25, -0.2) is 0 Å². The fourth-order valence-electron chi connectivity index (χ4n) is 2.97. The summed E-state index contributed by atoms with van der Waals surface area (Å²) in [5, 5.41) is 16.6. The zero-order valence-corrected chi connectivity index (χ0v) is 12.7. The van der Waals surface area contributed by atoms with Crippen molar-refractivity contribution in [3.63, 3.8) is 0 Å². The highest BCUT2D eigenvalue weighted by atomic mass is 16.3. The van der Waals surface area contributed by atoms with E-state index >= 15 is 0 Å². The van der Waals surface area contributed by atoms with Gasteiger partial charge >= 0.3 is 0 Å². The topological polar surface area (TPSA) is 84.2 Å². The first kappa shape index (κ1) is 15.4. The highest BCUT2D eigenvalue weighted by Gasteiger charge is 2.35. The average Bonchev–Trinajstić information content (AvgIpc) is 3.05. The number of hydrogen-bond donors (Lipinski definition) is 2. The lowest BCUT2D eigenvalue weighted by molar-refractivity contribution is 0.0831. The van der Waals surface area contributed by atoms with Crippen LogP contribution < -0.4 is 10.9 Å². The van der Waals surface area contributed by atoms with Crippen molar-refractivity contribution in [2.24, 2.45) is 0 Å². The summed E-state index contributed by atoms with van der Waals surface area (Å²) < 4.78 is 1.20. The van der Waals surface area contributed by atoms with Crippen molar-refractivity contribution in [1.82, 2.24) is 15.1 Å². The molecule has 1 aromatic carbocycles. The van der Waals surface area contributed by atoms with Crippen molar-refractivity contribution in [2.75, 3.05) is 6.61 Å². The number of nitrogens with zero attached hydrogens (tertiary/aromatic N) is 2. The summed E-state index contributed by atoms with van der Waals surface area (Å²) in [5.41, 5.74) is -0.101. The van der Waals surface area contributed by atoms with E-state index in [0.29, 0.717) is 5.69 Å². The third-order valence-electron chi connectivity index (χ3n) is 4.28. The van der Waals surface area contributed by atoms with Crippen LogP contribution in [0, 0.1) is 0 Å². The second-order valence-electron chi connectivity index (χ2n) is 5.90. The molecular formula is C17H19N3O3. The molecule has 0 atom stereocenters. The van der Waals surface area contributed by atoms with Crippen molar-refractivity contribution >= 4 is 5.91 Å². The minimum absolute atomic E-state index is 0.0862. The van der Waals surface area contributed by atoms with Gasteiger partial charge in [-0.3, -0.25) is 9.59 Å². The van der Waals surface area contributed by atoms with Crippen molar-refractivity contribution < 1.29 is 9.90 Å². The highest BCUT2D eigenvalue weighted by Crippen LogP contribution is 2.29. The number of benzene rings is 1. The lowest BCUT2D eigenvalue weighted by Gasteiger charge is -2.27. The van der Waals surface area contributed by atoms with E-state index in [1.807, 2.05) is 6.07 Å². The summed E-state index contributed by atoms with van der Waals surface area (Å²) in [6.45, 7) is -0.0862. The van der Waals surface area contributed by atoms with E-state index in [1.54, 1.807) is 24.3 Å². The normalized spacial score (nSPS) is 16.2. The van der Waals surface area contributed by atoms with Crippen LogP contribution in [-0.2, 0) is 0 Å². The second kappa shape index (κ2) is 6.34. The molecule has 0 radical (unpaired) electrons. The van der Waals surface area contributed by atoms with Gasteiger partial charge in [0.15, 0.2) is 0 Å². The Morgan fingerprint density at radius 3 is 2.52 bits per heavy atom. The number of nitrogens with one attached hydrogen (secondary N) is 1. The standard InChI is InChI=1S/C17H19N3O3/c21-12-17(10-4-5-11-17)18-16(23)14-8-9-15(22)20(19-14)13-6-2-1-3-7-13/h1-3,6-9,21H,4-5,10-12H2,(H,18,23). The number of aliphatic hydroxyl groups excluding tert-OH is 1. The van der Waals surface area contributed by atoms with Crippen LogP contribution in [0.3, 0.4) is 0 Å². The molecule has 1 heterocycles. The van der Waals surface area contributed by atoms with Crippen molar-refractivity contribution in [2.45, 2.75) is 31.2 Å². The third-order valence-corrected chi connectivity index (χ3v) is 4.28. The zero-order chi connectivity index (χ0) is 16.3. The fraction of sp³-hybridized carbons (Fsp3) is 0.353. The van der Waals surface area contributed by atoms with Crippen LogP contribution in [0.25, 0.3) is 5.69 Å². The number of amides is 1. The van der Waals surface area contributed by atoms with Crippen molar-refractivity contribution in [3.8, 4) is 5.69 Å². The fourth-order valence-corrected chi connectivity index (χ4v) is 2.97. The van der Waals surface area contributed by atoms with E-state index in [0.717, 1.165) is 25.7 Å². The molecule has 120 valence electrons. The van der Waals surface area contributed by atoms with E-state index in [4.69, 9.17) is 0 Å². The number of aliphatic hydroxyl groups is 1. The lowest BCUT2D eigenvalue weighted by atomic mass is 9.99. The van der Waals surface area contributed by atoms with Gasteiger partial charge in [-0.1, -0.05) is 31.0 Å². The summed E-state index contributed by atoms with van der Waals surface area (Å²) in [6, 6.07) is 11.7. The van der Waals surface area contributed by atoms with Gasteiger partial charge in [0.05, 0.1) is 17.8 Å². The molecule has 23 heavy (non-hydrogen) atoms. The molecule has 1 aliphatic rings. The predicted molar refractivity (Wildman–Crippen MR) is 85.6 cm³/mol. The summed E-state index contributed by atoms with van der Waals surface area (Å²) >= 11 is 0. The summed E-state index contributed by atoms with van der Waals surface area (Å²) in [5.74, 6) is -0.370. The molecule has 1 fully saturated rings. The molecular weight excluding hydrogens is 294 g/mol.